The Hall–Kier alpha value is -1.04. The molecule has 1 aromatic carbocycles. The molecule has 2 unspecified atom stereocenters. The molecule has 0 aromatic heterocycles. The fraction of sp³-hybridized carbons (Fsp3) is 0.600. The highest BCUT2D eigenvalue weighted by atomic mass is 19.2. The van der Waals surface area contributed by atoms with Crippen LogP contribution in [0.2, 0.25) is 0 Å². The van der Waals surface area contributed by atoms with Crippen LogP contribution >= 0.6 is 0 Å². The molecule has 3 nitrogen and oxygen atoms in total. The number of hydrogen-bond acceptors (Lipinski definition) is 3. The molecule has 0 aliphatic carbocycles. The third-order valence-electron chi connectivity index (χ3n) is 4.76. The van der Waals surface area contributed by atoms with E-state index in [0.29, 0.717) is 31.6 Å². The number of ether oxygens (including phenoxy) is 1. The first-order valence-electron chi connectivity index (χ1n) is 6.89. The monoisotopic (exact) mass is 283 g/mol. The molecule has 2 saturated heterocycles. The van der Waals surface area contributed by atoms with Gasteiger partial charge in [-0.15, -0.1) is 0 Å². The summed E-state index contributed by atoms with van der Waals surface area (Å²) in [4.78, 5) is 2.22. The predicted octanol–water partition coefficient (Wildman–Crippen LogP) is 1.95. The van der Waals surface area contributed by atoms with Gasteiger partial charge in [0.1, 0.15) is 0 Å². The van der Waals surface area contributed by atoms with Gasteiger partial charge in [0.25, 0.3) is 0 Å². The molecule has 1 N–H and O–H groups in total. The summed E-state index contributed by atoms with van der Waals surface area (Å²) in [5.74, 6) is -1.73. The fourth-order valence-electron chi connectivity index (χ4n) is 3.52. The number of halogens is 2. The van der Waals surface area contributed by atoms with Crippen molar-refractivity contribution in [2.75, 3.05) is 20.3 Å². The molecule has 2 atom stereocenters. The lowest BCUT2D eigenvalue weighted by Gasteiger charge is -2.50. The van der Waals surface area contributed by atoms with Crippen molar-refractivity contribution in [2.24, 2.45) is 0 Å². The average molecular weight is 283 g/mol. The van der Waals surface area contributed by atoms with Gasteiger partial charge in [-0.25, -0.2) is 8.78 Å². The van der Waals surface area contributed by atoms with E-state index in [-0.39, 0.29) is 17.6 Å². The number of likely N-dealkylation sites (N-methyl/N-ethyl adjacent to an activating group) is 1. The van der Waals surface area contributed by atoms with E-state index in [0.717, 1.165) is 6.07 Å². The smallest absolute Gasteiger partial charge is 0.162 e. The van der Waals surface area contributed by atoms with Crippen molar-refractivity contribution in [1.29, 1.82) is 0 Å². The molecule has 110 valence electrons. The molecule has 20 heavy (non-hydrogen) atoms. The summed E-state index contributed by atoms with van der Waals surface area (Å²) in [7, 11) is 2.02. The zero-order valence-electron chi connectivity index (χ0n) is 11.7. The van der Waals surface area contributed by atoms with E-state index in [4.69, 9.17) is 4.74 Å². The number of piperidine rings is 1. The van der Waals surface area contributed by atoms with E-state index >= 15 is 0 Å². The standard InChI is InChI=1S/C15H19F2NO2/c1-9-12(3-4-13(16)14(9)17)15(19)5-10-7-20-8-11(6-15)18(10)2/h3-4,10-11,19H,5-8H2,1-2H3. The molecule has 2 fully saturated rings. The summed E-state index contributed by atoms with van der Waals surface area (Å²) in [6.45, 7) is 2.66. The number of aliphatic hydroxyl groups is 1. The largest absolute Gasteiger partial charge is 0.385 e. The van der Waals surface area contributed by atoms with Gasteiger partial charge in [-0.3, -0.25) is 4.90 Å². The van der Waals surface area contributed by atoms with E-state index in [1.165, 1.54) is 13.0 Å². The van der Waals surface area contributed by atoms with Crippen molar-refractivity contribution in [3.8, 4) is 0 Å². The third kappa shape index (κ3) is 2.05. The van der Waals surface area contributed by atoms with Crippen LogP contribution in [0.4, 0.5) is 8.78 Å². The van der Waals surface area contributed by atoms with Crippen LogP contribution in [-0.4, -0.2) is 42.4 Å². The number of rotatable bonds is 1. The van der Waals surface area contributed by atoms with Gasteiger partial charge in [0.15, 0.2) is 11.6 Å². The van der Waals surface area contributed by atoms with Gasteiger partial charge in [-0.1, -0.05) is 6.07 Å². The Labute approximate surface area is 117 Å². The van der Waals surface area contributed by atoms with E-state index in [9.17, 15) is 13.9 Å². The van der Waals surface area contributed by atoms with Crippen LogP contribution in [0, 0.1) is 18.6 Å². The molecule has 0 amide bonds. The molecule has 2 aliphatic rings. The van der Waals surface area contributed by atoms with Crippen molar-refractivity contribution >= 4 is 0 Å². The Morgan fingerprint density at radius 2 is 1.85 bits per heavy atom. The summed E-state index contributed by atoms with van der Waals surface area (Å²) in [5, 5.41) is 11.0. The molecule has 3 rings (SSSR count). The van der Waals surface area contributed by atoms with Crippen LogP contribution in [0.1, 0.15) is 24.0 Å². The van der Waals surface area contributed by atoms with Crippen LogP contribution in [0.3, 0.4) is 0 Å². The first-order chi connectivity index (χ1) is 9.42. The lowest BCUT2D eigenvalue weighted by molar-refractivity contribution is -0.138. The normalized spacial score (nSPS) is 34.2. The Morgan fingerprint density at radius 1 is 1.25 bits per heavy atom. The second-order valence-corrected chi connectivity index (χ2v) is 5.98. The molecule has 1 aromatic rings. The maximum atomic E-state index is 13.8. The van der Waals surface area contributed by atoms with Gasteiger partial charge in [0, 0.05) is 12.1 Å². The molecular weight excluding hydrogens is 264 g/mol. The highest BCUT2D eigenvalue weighted by Gasteiger charge is 2.46. The molecule has 2 aliphatic heterocycles. The second kappa shape index (κ2) is 4.76. The van der Waals surface area contributed by atoms with Crippen LogP contribution in [-0.2, 0) is 10.3 Å². The number of nitrogens with zero attached hydrogens (tertiary/aromatic N) is 1. The maximum Gasteiger partial charge on any atom is 0.162 e. The highest BCUT2D eigenvalue weighted by molar-refractivity contribution is 5.34. The van der Waals surface area contributed by atoms with Crippen molar-refractivity contribution < 1.29 is 18.6 Å². The summed E-state index contributed by atoms with van der Waals surface area (Å²) in [5.41, 5.74) is -0.401. The molecule has 0 spiro atoms. The van der Waals surface area contributed by atoms with Crippen molar-refractivity contribution in [2.45, 2.75) is 37.5 Å². The van der Waals surface area contributed by atoms with Crippen LogP contribution in [0.5, 0.6) is 0 Å². The summed E-state index contributed by atoms with van der Waals surface area (Å²) >= 11 is 0. The summed E-state index contributed by atoms with van der Waals surface area (Å²) in [6, 6.07) is 2.83. The molecule has 0 saturated carbocycles. The zero-order chi connectivity index (χ0) is 14.5. The van der Waals surface area contributed by atoms with Crippen molar-refractivity contribution in [3.05, 3.63) is 34.9 Å². The van der Waals surface area contributed by atoms with Crippen LogP contribution in [0.15, 0.2) is 12.1 Å². The minimum atomic E-state index is -1.11. The molecule has 0 radical (unpaired) electrons. The van der Waals surface area contributed by atoms with Gasteiger partial charge in [-0.05, 0) is 44.0 Å². The van der Waals surface area contributed by atoms with Crippen LogP contribution in [0.25, 0.3) is 0 Å². The SMILES string of the molecule is Cc1c(C2(O)CC3COCC(C2)N3C)ccc(F)c1F. The molecule has 2 bridgehead atoms. The number of hydrogen-bond donors (Lipinski definition) is 1. The zero-order valence-corrected chi connectivity index (χ0v) is 11.7. The Kier molecular flexibility index (Phi) is 3.31. The highest BCUT2D eigenvalue weighted by Crippen LogP contribution is 2.41. The number of fused-ring (bicyclic) bond motifs is 2. The molecular formula is C15H19F2NO2. The van der Waals surface area contributed by atoms with Crippen molar-refractivity contribution in [1.82, 2.24) is 4.90 Å². The van der Waals surface area contributed by atoms with Crippen molar-refractivity contribution in [3.63, 3.8) is 0 Å². The summed E-state index contributed by atoms with van der Waals surface area (Å²) in [6.07, 6.45) is 0.956. The van der Waals surface area contributed by atoms with Crippen LogP contribution < -0.4 is 0 Å². The van der Waals surface area contributed by atoms with Gasteiger partial charge in [0.05, 0.1) is 18.8 Å². The third-order valence-corrected chi connectivity index (χ3v) is 4.76. The quantitative estimate of drug-likeness (QED) is 0.855. The Balaban J connectivity index is 1.99. The first-order valence-corrected chi connectivity index (χ1v) is 6.89. The van der Waals surface area contributed by atoms with Gasteiger partial charge in [-0.2, -0.15) is 0 Å². The van der Waals surface area contributed by atoms with Gasteiger partial charge in [0.2, 0.25) is 0 Å². The maximum absolute atomic E-state index is 13.8. The average Bonchev–Trinajstić information content (AvgIpc) is 2.38. The predicted molar refractivity (Wildman–Crippen MR) is 70.4 cm³/mol. The molecule has 5 heteroatoms. The van der Waals surface area contributed by atoms with E-state index in [1.54, 1.807) is 0 Å². The Morgan fingerprint density at radius 3 is 2.45 bits per heavy atom. The number of morpholine rings is 1. The minimum absolute atomic E-state index is 0.111. The topological polar surface area (TPSA) is 32.7 Å². The van der Waals surface area contributed by atoms with Gasteiger partial charge < -0.3 is 9.84 Å². The van der Waals surface area contributed by atoms with E-state index < -0.39 is 17.2 Å². The van der Waals surface area contributed by atoms with Gasteiger partial charge >= 0.3 is 0 Å². The molecule has 2 heterocycles. The number of benzene rings is 1. The van der Waals surface area contributed by atoms with E-state index in [2.05, 4.69) is 4.90 Å². The second-order valence-electron chi connectivity index (χ2n) is 5.98. The summed E-state index contributed by atoms with van der Waals surface area (Å²) < 4.78 is 32.5. The Bertz CT molecular complexity index is 521. The lowest BCUT2D eigenvalue weighted by atomic mass is 9.75. The first kappa shape index (κ1) is 13.9. The van der Waals surface area contributed by atoms with E-state index in [1.807, 2.05) is 7.05 Å². The fourth-order valence-corrected chi connectivity index (χ4v) is 3.52. The lowest BCUT2D eigenvalue weighted by Crippen LogP contribution is -2.59. The minimum Gasteiger partial charge on any atom is -0.385 e.